The molecule has 2 heterocycles. The van der Waals surface area contributed by atoms with Gasteiger partial charge in [0, 0.05) is 44.5 Å². The van der Waals surface area contributed by atoms with Crippen molar-refractivity contribution in [2.45, 2.75) is 25.5 Å². The smallest absolute Gasteiger partial charge is 0.106 e. The van der Waals surface area contributed by atoms with Crippen LogP contribution in [-0.4, -0.2) is 42.7 Å². The SMILES string of the molecule is COC1(CNCc2cn[nH]c2C)CCOC1. The molecule has 0 saturated carbocycles. The molecule has 16 heavy (non-hydrogen) atoms. The van der Waals surface area contributed by atoms with E-state index in [0.29, 0.717) is 6.61 Å². The zero-order valence-electron chi connectivity index (χ0n) is 9.88. The molecule has 0 bridgehead atoms. The fraction of sp³-hybridized carbons (Fsp3) is 0.727. The van der Waals surface area contributed by atoms with Gasteiger partial charge in [0.2, 0.25) is 0 Å². The van der Waals surface area contributed by atoms with Crippen molar-refractivity contribution in [2.24, 2.45) is 0 Å². The van der Waals surface area contributed by atoms with E-state index in [1.165, 1.54) is 5.56 Å². The second-order valence-electron chi connectivity index (χ2n) is 4.31. The van der Waals surface area contributed by atoms with Gasteiger partial charge in [-0.15, -0.1) is 0 Å². The summed E-state index contributed by atoms with van der Waals surface area (Å²) in [6.07, 6.45) is 2.81. The third kappa shape index (κ3) is 2.42. The lowest BCUT2D eigenvalue weighted by Crippen LogP contribution is -2.42. The predicted octanol–water partition coefficient (Wildman–Crippen LogP) is 0.613. The Bertz CT molecular complexity index is 332. The molecule has 1 aromatic rings. The van der Waals surface area contributed by atoms with Gasteiger partial charge in [-0.3, -0.25) is 5.10 Å². The highest BCUT2D eigenvalue weighted by Gasteiger charge is 2.34. The van der Waals surface area contributed by atoms with Crippen LogP contribution in [0.2, 0.25) is 0 Å². The molecular formula is C11H19N3O2. The zero-order valence-corrected chi connectivity index (χ0v) is 9.88. The van der Waals surface area contributed by atoms with Crippen LogP contribution in [0, 0.1) is 6.92 Å². The van der Waals surface area contributed by atoms with Crippen LogP contribution >= 0.6 is 0 Å². The number of hydrogen-bond donors (Lipinski definition) is 2. The van der Waals surface area contributed by atoms with Gasteiger partial charge in [-0.05, 0) is 6.92 Å². The lowest BCUT2D eigenvalue weighted by Gasteiger charge is -2.25. The van der Waals surface area contributed by atoms with E-state index in [1.807, 2.05) is 13.1 Å². The molecule has 1 aliphatic heterocycles. The van der Waals surface area contributed by atoms with E-state index in [1.54, 1.807) is 7.11 Å². The van der Waals surface area contributed by atoms with Crippen molar-refractivity contribution in [1.82, 2.24) is 15.5 Å². The highest BCUT2D eigenvalue weighted by molar-refractivity contribution is 5.13. The second-order valence-corrected chi connectivity index (χ2v) is 4.31. The monoisotopic (exact) mass is 225 g/mol. The largest absolute Gasteiger partial charge is 0.378 e. The van der Waals surface area contributed by atoms with Gasteiger partial charge in [0.25, 0.3) is 0 Å². The van der Waals surface area contributed by atoms with Crippen LogP contribution in [0.1, 0.15) is 17.7 Å². The van der Waals surface area contributed by atoms with E-state index >= 15 is 0 Å². The molecule has 1 unspecified atom stereocenters. The predicted molar refractivity (Wildman–Crippen MR) is 60.2 cm³/mol. The number of nitrogens with zero attached hydrogens (tertiary/aromatic N) is 1. The number of nitrogens with one attached hydrogen (secondary N) is 2. The third-order valence-corrected chi connectivity index (χ3v) is 3.20. The Hall–Kier alpha value is -0.910. The molecule has 0 aromatic carbocycles. The second kappa shape index (κ2) is 4.95. The van der Waals surface area contributed by atoms with Crippen molar-refractivity contribution in [3.63, 3.8) is 0 Å². The molecule has 2 rings (SSSR count). The lowest BCUT2D eigenvalue weighted by atomic mass is 10.0. The summed E-state index contributed by atoms with van der Waals surface area (Å²) in [5.74, 6) is 0. The number of aromatic amines is 1. The number of aromatic nitrogens is 2. The van der Waals surface area contributed by atoms with Gasteiger partial charge < -0.3 is 14.8 Å². The van der Waals surface area contributed by atoms with Gasteiger partial charge in [0.05, 0.1) is 12.8 Å². The van der Waals surface area contributed by atoms with Crippen LogP contribution in [0.25, 0.3) is 0 Å². The zero-order chi connectivity index (χ0) is 11.4. The van der Waals surface area contributed by atoms with Crippen molar-refractivity contribution in [1.29, 1.82) is 0 Å². The van der Waals surface area contributed by atoms with Gasteiger partial charge in [0.1, 0.15) is 5.60 Å². The Kier molecular flexibility index (Phi) is 3.58. The summed E-state index contributed by atoms with van der Waals surface area (Å²) in [5.41, 5.74) is 2.17. The molecule has 0 amide bonds. The number of H-pyrrole nitrogens is 1. The number of aryl methyl sites for hydroxylation is 1. The maximum atomic E-state index is 5.54. The Morgan fingerprint density at radius 2 is 2.56 bits per heavy atom. The van der Waals surface area contributed by atoms with Crippen molar-refractivity contribution in [3.05, 3.63) is 17.5 Å². The molecule has 1 saturated heterocycles. The first-order valence-corrected chi connectivity index (χ1v) is 5.58. The van der Waals surface area contributed by atoms with Gasteiger partial charge >= 0.3 is 0 Å². The molecule has 1 fully saturated rings. The standard InChI is InChI=1S/C11H19N3O2/c1-9-10(6-13-14-9)5-12-7-11(15-2)3-4-16-8-11/h6,12H,3-5,7-8H2,1-2H3,(H,13,14). The normalized spacial score (nSPS) is 25.1. The van der Waals surface area contributed by atoms with Crippen molar-refractivity contribution in [2.75, 3.05) is 26.9 Å². The fourth-order valence-electron chi connectivity index (χ4n) is 1.94. The maximum Gasteiger partial charge on any atom is 0.106 e. The first kappa shape index (κ1) is 11.6. The van der Waals surface area contributed by atoms with Crippen LogP contribution in [0.5, 0.6) is 0 Å². The summed E-state index contributed by atoms with van der Waals surface area (Å²) >= 11 is 0. The van der Waals surface area contributed by atoms with E-state index in [4.69, 9.17) is 9.47 Å². The van der Waals surface area contributed by atoms with E-state index in [0.717, 1.165) is 31.8 Å². The van der Waals surface area contributed by atoms with Crippen molar-refractivity contribution < 1.29 is 9.47 Å². The average molecular weight is 225 g/mol. The average Bonchev–Trinajstić information content (AvgIpc) is 2.90. The van der Waals surface area contributed by atoms with Crippen LogP contribution < -0.4 is 5.32 Å². The summed E-state index contributed by atoms with van der Waals surface area (Å²) in [4.78, 5) is 0. The van der Waals surface area contributed by atoms with E-state index in [-0.39, 0.29) is 5.60 Å². The summed E-state index contributed by atoms with van der Waals surface area (Å²) in [6, 6.07) is 0. The summed E-state index contributed by atoms with van der Waals surface area (Å²) in [5, 5.41) is 10.3. The Morgan fingerprint density at radius 1 is 1.69 bits per heavy atom. The molecule has 0 spiro atoms. The first-order valence-electron chi connectivity index (χ1n) is 5.58. The molecular weight excluding hydrogens is 206 g/mol. The number of rotatable bonds is 5. The third-order valence-electron chi connectivity index (χ3n) is 3.20. The van der Waals surface area contributed by atoms with Crippen molar-refractivity contribution in [3.8, 4) is 0 Å². The Morgan fingerprint density at radius 3 is 3.12 bits per heavy atom. The molecule has 0 aliphatic carbocycles. The Balaban J connectivity index is 1.81. The maximum absolute atomic E-state index is 5.54. The first-order chi connectivity index (χ1) is 7.76. The topological polar surface area (TPSA) is 59.2 Å². The van der Waals surface area contributed by atoms with Gasteiger partial charge in [0.15, 0.2) is 0 Å². The van der Waals surface area contributed by atoms with E-state index in [2.05, 4.69) is 15.5 Å². The molecule has 90 valence electrons. The molecule has 0 radical (unpaired) electrons. The number of methoxy groups -OCH3 is 1. The van der Waals surface area contributed by atoms with E-state index in [9.17, 15) is 0 Å². The molecule has 5 heteroatoms. The van der Waals surface area contributed by atoms with Crippen LogP contribution in [-0.2, 0) is 16.0 Å². The van der Waals surface area contributed by atoms with Crippen LogP contribution in [0.3, 0.4) is 0 Å². The molecule has 1 aliphatic rings. The van der Waals surface area contributed by atoms with Gasteiger partial charge in [-0.2, -0.15) is 5.10 Å². The minimum absolute atomic E-state index is 0.141. The molecule has 1 atom stereocenters. The summed E-state index contributed by atoms with van der Waals surface area (Å²) < 4.78 is 10.9. The number of hydrogen-bond acceptors (Lipinski definition) is 4. The minimum atomic E-state index is -0.141. The highest BCUT2D eigenvalue weighted by Crippen LogP contribution is 2.21. The van der Waals surface area contributed by atoms with Crippen LogP contribution in [0.4, 0.5) is 0 Å². The molecule has 1 aromatic heterocycles. The quantitative estimate of drug-likeness (QED) is 0.771. The van der Waals surface area contributed by atoms with Gasteiger partial charge in [-0.1, -0.05) is 0 Å². The molecule has 5 nitrogen and oxygen atoms in total. The van der Waals surface area contributed by atoms with E-state index < -0.39 is 0 Å². The Labute approximate surface area is 95.5 Å². The number of ether oxygens (including phenoxy) is 2. The van der Waals surface area contributed by atoms with Crippen molar-refractivity contribution >= 4 is 0 Å². The van der Waals surface area contributed by atoms with Crippen LogP contribution in [0.15, 0.2) is 6.20 Å². The summed E-state index contributed by atoms with van der Waals surface area (Å²) in [7, 11) is 1.75. The highest BCUT2D eigenvalue weighted by atomic mass is 16.5. The molecule has 2 N–H and O–H groups in total. The summed E-state index contributed by atoms with van der Waals surface area (Å²) in [6.45, 7) is 5.12. The fourth-order valence-corrected chi connectivity index (χ4v) is 1.94. The lowest BCUT2D eigenvalue weighted by molar-refractivity contribution is -0.0159. The minimum Gasteiger partial charge on any atom is -0.378 e. The van der Waals surface area contributed by atoms with Gasteiger partial charge in [-0.25, -0.2) is 0 Å².